The highest BCUT2D eigenvalue weighted by atomic mass is 35.5. The minimum atomic E-state index is -0.241. The fraction of sp³-hybridized carbons (Fsp3) is 0.267. The van der Waals surface area contributed by atoms with Gasteiger partial charge in [-0.25, -0.2) is 0 Å². The minimum Gasteiger partial charge on any atom is -0.491 e. The van der Waals surface area contributed by atoms with Crippen LogP contribution in [0.25, 0.3) is 0 Å². The second-order valence-electron chi connectivity index (χ2n) is 4.67. The maximum atomic E-state index is 12.0. The molecule has 1 amide bonds. The predicted octanol–water partition coefficient (Wildman–Crippen LogP) is 3.51. The quantitative estimate of drug-likeness (QED) is 0.862. The van der Waals surface area contributed by atoms with E-state index >= 15 is 0 Å². The van der Waals surface area contributed by atoms with Gasteiger partial charge in [0.2, 0.25) is 0 Å². The summed E-state index contributed by atoms with van der Waals surface area (Å²) < 4.78 is 5.54. The lowest BCUT2D eigenvalue weighted by atomic mass is 10.1. The molecule has 1 aromatic carbocycles. The molecule has 20 heavy (non-hydrogen) atoms. The molecule has 2 aromatic rings. The van der Waals surface area contributed by atoms with Gasteiger partial charge in [0.15, 0.2) is 0 Å². The van der Waals surface area contributed by atoms with E-state index in [4.69, 9.17) is 16.3 Å². The Bertz CT molecular complexity index is 653. The number of hydrogen-bond acceptors (Lipinski definition) is 3. The molecule has 0 radical (unpaired) electrons. The Hall–Kier alpha value is -1.52. The summed E-state index contributed by atoms with van der Waals surface area (Å²) in [6.07, 6.45) is 0. The van der Waals surface area contributed by atoms with E-state index in [-0.39, 0.29) is 11.3 Å². The summed E-state index contributed by atoms with van der Waals surface area (Å²) in [7, 11) is 0. The van der Waals surface area contributed by atoms with Gasteiger partial charge in [-0.3, -0.25) is 4.79 Å². The first-order valence-corrected chi connectivity index (χ1v) is 7.66. The Morgan fingerprint density at radius 1 is 1.35 bits per heavy atom. The van der Waals surface area contributed by atoms with Crippen LogP contribution >= 0.6 is 22.9 Å². The van der Waals surface area contributed by atoms with Crippen molar-refractivity contribution < 1.29 is 9.53 Å². The lowest BCUT2D eigenvalue weighted by Gasteiger charge is -2.11. The lowest BCUT2D eigenvalue weighted by Crippen LogP contribution is -2.24. The molecule has 104 valence electrons. The van der Waals surface area contributed by atoms with Crippen LogP contribution in [0.2, 0.25) is 0 Å². The van der Waals surface area contributed by atoms with Gasteiger partial charge in [-0.15, -0.1) is 22.9 Å². The second-order valence-corrected chi connectivity index (χ2v) is 6.43. The van der Waals surface area contributed by atoms with E-state index in [2.05, 4.69) is 18.3 Å². The highest BCUT2D eigenvalue weighted by Gasteiger charge is 2.20. The highest BCUT2D eigenvalue weighted by molar-refractivity contribution is 7.12. The molecule has 0 aliphatic carbocycles. The molecule has 1 unspecified atom stereocenters. The third kappa shape index (κ3) is 2.53. The van der Waals surface area contributed by atoms with Gasteiger partial charge in [0.25, 0.3) is 5.91 Å². The Morgan fingerprint density at radius 3 is 2.95 bits per heavy atom. The van der Waals surface area contributed by atoms with E-state index in [1.807, 2.05) is 24.3 Å². The number of nitrogens with one attached hydrogen (secondary N) is 1. The first-order chi connectivity index (χ1) is 9.65. The Kier molecular flexibility index (Phi) is 3.68. The largest absolute Gasteiger partial charge is 0.491 e. The number of aryl methyl sites for hydroxylation is 1. The molecule has 0 fully saturated rings. The molecular weight excluding hydrogens is 294 g/mol. The third-order valence-electron chi connectivity index (χ3n) is 3.20. The molecule has 0 spiro atoms. The van der Waals surface area contributed by atoms with Crippen LogP contribution in [0.15, 0.2) is 30.3 Å². The normalized spacial score (nSPS) is 15.8. The smallest absolute Gasteiger partial charge is 0.255 e. The number of halogens is 1. The standard InChI is InChI=1S/C15H14ClNO2S/c1-9-2-5-13(20-9)14(16)10-3-4-12-11(8-10)15(18)17-6-7-19-12/h2-5,8,14H,6-7H2,1H3,(H,17,18). The molecule has 1 aromatic heterocycles. The molecule has 3 nitrogen and oxygen atoms in total. The molecule has 1 aliphatic rings. The van der Waals surface area contributed by atoms with Gasteiger partial charge in [-0.1, -0.05) is 6.07 Å². The van der Waals surface area contributed by atoms with E-state index < -0.39 is 0 Å². The Balaban J connectivity index is 1.97. The summed E-state index contributed by atoms with van der Waals surface area (Å²) >= 11 is 8.18. The van der Waals surface area contributed by atoms with Gasteiger partial charge in [-0.05, 0) is 36.8 Å². The summed E-state index contributed by atoms with van der Waals surface area (Å²) in [5.74, 6) is 0.514. The number of benzene rings is 1. The molecule has 5 heteroatoms. The summed E-state index contributed by atoms with van der Waals surface area (Å²) in [5.41, 5.74) is 1.46. The van der Waals surface area contributed by atoms with Crippen molar-refractivity contribution in [2.75, 3.05) is 13.2 Å². The van der Waals surface area contributed by atoms with Gasteiger partial charge in [0.05, 0.1) is 17.5 Å². The highest BCUT2D eigenvalue weighted by Crippen LogP contribution is 2.35. The number of carbonyl (C=O) groups is 1. The van der Waals surface area contributed by atoms with Crippen molar-refractivity contribution in [1.82, 2.24) is 5.32 Å². The fourth-order valence-electron chi connectivity index (χ4n) is 2.18. The van der Waals surface area contributed by atoms with Crippen molar-refractivity contribution in [3.8, 4) is 5.75 Å². The molecule has 0 saturated heterocycles. The maximum Gasteiger partial charge on any atom is 0.255 e. The zero-order valence-electron chi connectivity index (χ0n) is 11.0. The molecular formula is C15H14ClNO2S. The van der Waals surface area contributed by atoms with Crippen LogP contribution in [0, 0.1) is 6.92 Å². The monoisotopic (exact) mass is 307 g/mol. The zero-order valence-corrected chi connectivity index (χ0v) is 12.6. The van der Waals surface area contributed by atoms with E-state index in [1.54, 1.807) is 11.3 Å². The second kappa shape index (κ2) is 5.46. The minimum absolute atomic E-state index is 0.106. The molecule has 1 atom stereocenters. The van der Waals surface area contributed by atoms with Crippen molar-refractivity contribution in [1.29, 1.82) is 0 Å². The third-order valence-corrected chi connectivity index (χ3v) is 4.88. The number of fused-ring (bicyclic) bond motifs is 1. The number of hydrogen-bond donors (Lipinski definition) is 1. The molecule has 0 saturated carbocycles. The van der Waals surface area contributed by atoms with E-state index in [1.165, 1.54) is 4.88 Å². The first-order valence-electron chi connectivity index (χ1n) is 6.40. The van der Waals surface area contributed by atoms with Gasteiger partial charge in [0, 0.05) is 9.75 Å². The van der Waals surface area contributed by atoms with Crippen LogP contribution in [0.5, 0.6) is 5.75 Å². The van der Waals surface area contributed by atoms with Crippen LogP contribution < -0.4 is 10.1 Å². The molecule has 1 N–H and O–H groups in total. The van der Waals surface area contributed by atoms with Crippen LogP contribution in [-0.2, 0) is 0 Å². The van der Waals surface area contributed by atoms with Gasteiger partial charge >= 0.3 is 0 Å². The van der Waals surface area contributed by atoms with Crippen molar-refractivity contribution in [3.63, 3.8) is 0 Å². The summed E-state index contributed by atoms with van der Waals surface area (Å²) in [6.45, 7) is 3.07. The number of carbonyl (C=O) groups excluding carboxylic acids is 1. The van der Waals surface area contributed by atoms with Crippen molar-refractivity contribution in [2.45, 2.75) is 12.3 Å². The van der Waals surface area contributed by atoms with E-state index in [0.717, 1.165) is 10.4 Å². The number of thiophene rings is 1. The summed E-state index contributed by atoms with van der Waals surface area (Å²) in [6, 6.07) is 9.65. The van der Waals surface area contributed by atoms with Crippen molar-refractivity contribution >= 4 is 28.8 Å². The Morgan fingerprint density at radius 2 is 2.20 bits per heavy atom. The van der Waals surface area contributed by atoms with Crippen LogP contribution in [0.4, 0.5) is 0 Å². The van der Waals surface area contributed by atoms with Crippen LogP contribution in [0.1, 0.15) is 31.1 Å². The topological polar surface area (TPSA) is 38.3 Å². The van der Waals surface area contributed by atoms with Gasteiger partial charge in [0.1, 0.15) is 12.4 Å². The number of rotatable bonds is 2. The summed E-state index contributed by atoms with van der Waals surface area (Å²) in [5, 5.41) is 2.57. The maximum absolute atomic E-state index is 12.0. The molecule has 3 rings (SSSR count). The first kappa shape index (κ1) is 13.5. The van der Waals surface area contributed by atoms with Crippen LogP contribution in [0.3, 0.4) is 0 Å². The van der Waals surface area contributed by atoms with Gasteiger partial charge in [-0.2, -0.15) is 0 Å². The zero-order chi connectivity index (χ0) is 14.1. The Labute approximate surface area is 126 Å². The average molecular weight is 308 g/mol. The molecule has 1 aliphatic heterocycles. The SMILES string of the molecule is Cc1ccc(C(Cl)c2ccc3c(c2)C(=O)NCCO3)s1. The van der Waals surface area contributed by atoms with Gasteiger partial charge < -0.3 is 10.1 Å². The van der Waals surface area contributed by atoms with E-state index in [0.29, 0.717) is 24.5 Å². The predicted molar refractivity (Wildman–Crippen MR) is 81.0 cm³/mol. The summed E-state index contributed by atoms with van der Waals surface area (Å²) in [4.78, 5) is 14.3. The van der Waals surface area contributed by atoms with Crippen LogP contribution in [-0.4, -0.2) is 19.1 Å². The number of alkyl halides is 1. The average Bonchev–Trinajstić information content (AvgIpc) is 2.80. The number of amides is 1. The van der Waals surface area contributed by atoms with Crippen molar-refractivity contribution in [2.24, 2.45) is 0 Å². The van der Waals surface area contributed by atoms with Crippen molar-refractivity contribution in [3.05, 3.63) is 51.2 Å². The fourth-order valence-corrected chi connectivity index (χ4v) is 3.41. The molecule has 0 bridgehead atoms. The van der Waals surface area contributed by atoms with E-state index in [9.17, 15) is 4.79 Å². The lowest BCUT2D eigenvalue weighted by molar-refractivity contribution is 0.0957. The molecule has 2 heterocycles. The number of ether oxygens (including phenoxy) is 1.